The monoisotopic (exact) mass is 338 g/mol. The maximum absolute atomic E-state index is 12.9. The third-order valence-electron chi connectivity index (χ3n) is 3.78. The highest BCUT2D eigenvalue weighted by atomic mass is 32.2. The fourth-order valence-corrected chi connectivity index (χ4v) is 4.74. The second kappa shape index (κ2) is 6.02. The lowest BCUT2D eigenvalue weighted by Crippen LogP contribution is -2.31. The van der Waals surface area contributed by atoms with E-state index in [4.69, 9.17) is 0 Å². The Morgan fingerprint density at radius 1 is 1.32 bits per heavy atom. The molecule has 2 aromatic rings. The first kappa shape index (κ1) is 15.5. The zero-order valence-corrected chi connectivity index (χ0v) is 14.1. The molecular weight excluding hydrogens is 320 g/mol. The van der Waals surface area contributed by atoms with E-state index in [1.807, 2.05) is 25.3 Å². The molecule has 0 bridgehead atoms. The van der Waals surface area contributed by atoms with Gasteiger partial charge in [-0.2, -0.15) is 9.40 Å². The number of aromatic nitrogens is 3. The van der Waals surface area contributed by atoms with Crippen LogP contribution in [0.25, 0.3) is 0 Å². The van der Waals surface area contributed by atoms with E-state index < -0.39 is 10.0 Å². The van der Waals surface area contributed by atoms with Crippen molar-refractivity contribution in [2.24, 2.45) is 0 Å². The molecule has 0 amide bonds. The lowest BCUT2D eigenvalue weighted by Gasteiger charge is -2.22. The van der Waals surface area contributed by atoms with E-state index in [1.54, 1.807) is 23.9 Å². The second-order valence-corrected chi connectivity index (χ2v) is 8.00. The van der Waals surface area contributed by atoms with Gasteiger partial charge in [-0.05, 0) is 50.3 Å². The van der Waals surface area contributed by atoms with Gasteiger partial charge in [-0.25, -0.2) is 13.4 Å². The number of nitrogens with zero attached hydrogens (tertiary/aromatic N) is 3. The molecule has 1 atom stereocenters. The summed E-state index contributed by atoms with van der Waals surface area (Å²) in [6.07, 6.45) is 3.53. The van der Waals surface area contributed by atoms with Gasteiger partial charge in [0.15, 0.2) is 5.82 Å². The summed E-state index contributed by atoms with van der Waals surface area (Å²) in [6, 6.07) is 6.72. The number of thioether (sulfide) groups is 1. The Kier molecular flexibility index (Phi) is 4.24. The highest BCUT2D eigenvalue weighted by Gasteiger charge is 2.38. The second-order valence-electron chi connectivity index (χ2n) is 5.23. The van der Waals surface area contributed by atoms with Crippen LogP contribution in [-0.2, 0) is 10.0 Å². The minimum atomic E-state index is -3.52. The minimum Gasteiger partial charge on any atom is -0.263 e. The van der Waals surface area contributed by atoms with E-state index >= 15 is 0 Å². The van der Waals surface area contributed by atoms with Crippen LogP contribution in [0, 0.1) is 6.92 Å². The van der Waals surface area contributed by atoms with E-state index in [-0.39, 0.29) is 6.04 Å². The number of H-pyrrole nitrogens is 1. The SMILES string of the molecule is CSc1ccc(S(=O)(=O)N2CCC[C@@H]2c2n[nH]c(C)n2)cc1. The fraction of sp³-hybridized carbons (Fsp3) is 0.429. The molecule has 22 heavy (non-hydrogen) atoms. The molecular formula is C14H18N4O2S2. The van der Waals surface area contributed by atoms with Crippen LogP contribution in [0.1, 0.15) is 30.5 Å². The molecule has 6 nitrogen and oxygen atoms in total. The molecule has 1 saturated heterocycles. The lowest BCUT2D eigenvalue weighted by atomic mass is 10.2. The summed E-state index contributed by atoms with van der Waals surface area (Å²) >= 11 is 1.59. The van der Waals surface area contributed by atoms with Crippen molar-refractivity contribution >= 4 is 21.8 Å². The van der Waals surface area contributed by atoms with Crippen molar-refractivity contribution in [3.63, 3.8) is 0 Å². The Balaban J connectivity index is 1.93. The molecule has 0 spiro atoms. The summed E-state index contributed by atoms with van der Waals surface area (Å²) < 4.78 is 27.3. The molecule has 3 rings (SSSR count). The molecule has 0 saturated carbocycles. The van der Waals surface area contributed by atoms with Gasteiger partial charge in [0.05, 0.1) is 10.9 Å². The van der Waals surface area contributed by atoms with E-state index in [2.05, 4.69) is 15.2 Å². The van der Waals surface area contributed by atoms with Crippen LogP contribution < -0.4 is 0 Å². The molecule has 118 valence electrons. The summed E-state index contributed by atoms with van der Waals surface area (Å²) in [5.41, 5.74) is 0. The summed E-state index contributed by atoms with van der Waals surface area (Å²) in [5, 5.41) is 6.92. The zero-order valence-electron chi connectivity index (χ0n) is 12.5. The van der Waals surface area contributed by atoms with Gasteiger partial charge in [-0.3, -0.25) is 5.10 Å². The van der Waals surface area contributed by atoms with Gasteiger partial charge in [0.2, 0.25) is 10.0 Å². The normalized spacial score (nSPS) is 19.6. The standard InChI is InChI=1S/C14H18N4O2S2/c1-10-15-14(17-16-10)13-4-3-9-18(13)22(19,20)12-7-5-11(21-2)6-8-12/h5-8,13H,3-4,9H2,1-2H3,(H,15,16,17)/t13-/m1/s1. The van der Waals surface area contributed by atoms with E-state index in [9.17, 15) is 8.42 Å². The first-order valence-corrected chi connectivity index (χ1v) is 9.73. The van der Waals surface area contributed by atoms with Gasteiger partial charge in [0.25, 0.3) is 0 Å². The smallest absolute Gasteiger partial charge is 0.243 e. The average Bonchev–Trinajstić information content (AvgIpc) is 3.16. The maximum atomic E-state index is 12.9. The number of aromatic amines is 1. The molecule has 1 fully saturated rings. The van der Waals surface area contributed by atoms with E-state index in [1.165, 1.54) is 4.31 Å². The number of hydrogen-bond acceptors (Lipinski definition) is 5. The summed E-state index contributed by atoms with van der Waals surface area (Å²) in [5.74, 6) is 1.25. The van der Waals surface area contributed by atoms with Gasteiger partial charge < -0.3 is 0 Å². The molecule has 1 N–H and O–H groups in total. The predicted octanol–water partition coefficient (Wildman–Crippen LogP) is 2.36. The lowest BCUT2D eigenvalue weighted by molar-refractivity contribution is 0.384. The first-order chi connectivity index (χ1) is 10.5. The van der Waals surface area contributed by atoms with Crippen molar-refractivity contribution < 1.29 is 8.42 Å². The van der Waals surface area contributed by atoms with Gasteiger partial charge >= 0.3 is 0 Å². The van der Waals surface area contributed by atoms with Crippen LogP contribution in [0.2, 0.25) is 0 Å². The minimum absolute atomic E-state index is 0.282. The van der Waals surface area contributed by atoms with Crippen LogP contribution in [0.3, 0.4) is 0 Å². The van der Waals surface area contributed by atoms with Crippen molar-refractivity contribution in [3.8, 4) is 0 Å². The van der Waals surface area contributed by atoms with Crippen molar-refractivity contribution in [2.75, 3.05) is 12.8 Å². The van der Waals surface area contributed by atoms with Crippen LogP contribution in [0.5, 0.6) is 0 Å². The Morgan fingerprint density at radius 2 is 2.05 bits per heavy atom. The summed E-state index contributed by atoms with van der Waals surface area (Å²) in [7, 11) is -3.52. The predicted molar refractivity (Wildman–Crippen MR) is 85.2 cm³/mol. The molecule has 1 aromatic carbocycles. The number of rotatable bonds is 4. The first-order valence-electron chi connectivity index (χ1n) is 7.07. The van der Waals surface area contributed by atoms with Crippen LogP contribution in [0.15, 0.2) is 34.1 Å². The van der Waals surface area contributed by atoms with Crippen LogP contribution >= 0.6 is 11.8 Å². The third-order valence-corrected chi connectivity index (χ3v) is 6.45. The van der Waals surface area contributed by atoms with Crippen LogP contribution in [-0.4, -0.2) is 40.7 Å². The topological polar surface area (TPSA) is 79.0 Å². The number of hydrogen-bond donors (Lipinski definition) is 1. The Morgan fingerprint density at radius 3 is 2.64 bits per heavy atom. The Labute approximate surface area is 134 Å². The number of sulfonamides is 1. The number of benzene rings is 1. The zero-order chi connectivity index (χ0) is 15.7. The number of nitrogens with one attached hydrogen (secondary N) is 1. The maximum Gasteiger partial charge on any atom is 0.243 e. The van der Waals surface area contributed by atoms with Gasteiger partial charge in [-0.15, -0.1) is 11.8 Å². The molecule has 8 heteroatoms. The van der Waals surface area contributed by atoms with Gasteiger partial charge in [-0.1, -0.05) is 0 Å². The Hall–Kier alpha value is -1.38. The van der Waals surface area contributed by atoms with Crippen LogP contribution in [0.4, 0.5) is 0 Å². The third kappa shape index (κ3) is 2.78. The molecule has 0 radical (unpaired) electrons. The van der Waals surface area contributed by atoms with Crippen molar-refractivity contribution in [1.29, 1.82) is 0 Å². The van der Waals surface area contributed by atoms with E-state index in [0.29, 0.717) is 23.1 Å². The molecule has 1 aliphatic rings. The average molecular weight is 338 g/mol. The molecule has 2 heterocycles. The Bertz CT molecular complexity index is 755. The highest BCUT2D eigenvalue weighted by Crippen LogP contribution is 2.35. The van der Waals surface area contributed by atoms with Crippen molar-refractivity contribution in [2.45, 2.75) is 35.6 Å². The van der Waals surface area contributed by atoms with E-state index in [0.717, 1.165) is 17.7 Å². The van der Waals surface area contributed by atoms with Crippen molar-refractivity contribution in [1.82, 2.24) is 19.5 Å². The molecule has 0 unspecified atom stereocenters. The molecule has 1 aliphatic heterocycles. The van der Waals surface area contributed by atoms with Crippen molar-refractivity contribution in [3.05, 3.63) is 35.9 Å². The highest BCUT2D eigenvalue weighted by molar-refractivity contribution is 7.98. The largest absolute Gasteiger partial charge is 0.263 e. The number of aryl methyl sites for hydroxylation is 1. The van der Waals surface area contributed by atoms with Gasteiger partial charge in [0, 0.05) is 11.4 Å². The summed E-state index contributed by atoms with van der Waals surface area (Å²) in [6.45, 7) is 2.32. The summed E-state index contributed by atoms with van der Waals surface area (Å²) in [4.78, 5) is 5.67. The fourth-order valence-electron chi connectivity index (χ4n) is 2.68. The molecule has 0 aliphatic carbocycles. The van der Waals surface area contributed by atoms with Gasteiger partial charge in [0.1, 0.15) is 5.82 Å². The molecule has 1 aromatic heterocycles. The quantitative estimate of drug-likeness (QED) is 0.866.